The van der Waals surface area contributed by atoms with Crippen molar-refractivity contribution in [2.45, 2.75) is 71.2 Å². The van der Waals surface area contributed by atoms with Crippen LogP contribution in [0, 0.1) is 5.82 Å². The number of ether oxygens (including phenoxy) is 2. The molecule has 1 saturated heterocycles. The van der Waals surface area contributed by atoms with E-state index in [1.807, 2.05) is 39.8 Å². The van der Waals surface area contributed by atoms with E-state index >= 15 is 4.39 Å². The lowest BCUT2D eigenvalue weighted by Gasteiger charge is -2.32. The topological polar surface area (TPSA) is 74.3 Å². The average molecular weight is 495 g/mol. The molecule has 0 radical (unpaired) electrons. The van der Waals surface area contributed by atoms with Gasteiger partial charge in [-0.3, -0.25) is 9.59 Å². The molecule has 0 aromatic heterocycles. The third-order valence-corrected chi connectivity index (χ3v) is 7.55. The predicted octanol–water partition coefficient (Wildman–Crippen LogP) is 4.10. The van der Waals surface area contributed by atoms with E-state index in [9.17, 15) is 9.59 Å². The van der Waals surface area contributed by atoms with E-state index < -0.39 is 30.1 Å². The first-order valence-electron chi connectivity index (χ1n) is 12.4. The van der Waals surface area contributed by atoms with E-state index in [0.29, 0.717) is 33.9 Å². The minimum absolute atomic E-state index is 0.164. The van der Waals surface area contributed by atoms with Crippen LogP contribution >= 0.6 is 0 Å². The highest BCUT2D eigenvalue weighted by Crippen LogP contribution is 2.42. The fourth-order valence-electron chi connectivity index (χ4n) is 4.62. The predicted molar refractivity (Wildman–Crippen MR) is 133 cm³/mol. The van der Waals surface area contributed by atoms with E-state index in [2.05, 4.69) is 0 Å². The summed E-state index contributed by atoms with van der Waals surface area (Å²) in [7, 11) is -0.901. The summed E-state index contributed by atoms with van der Waals surface area (Å²) >= 11 is 0. The van der Waals surface area contributed by atoms with Gasteiger partial charge in [0.15, 0.2) is 0 Å². The highest BCUT2D eigenvalue weighted by Gasteiger charge is 2.52. The molecule has 1 amide bonds. The van der Waals surface area contributed by atoms with Gasteiger partial charge in [-0.25, -0.2) is 4.39 Å². The largest absolute Gasteiger partial charge is 0.495 e. The Kier molecular flexibility index (Phi) is 6.12. The van der Waals surface area contributed by atoms with Gasteiger partial charge in [0.1, 0.15) is 24.8 Å². The Morgan fingerprint density at radius 1 is 1.14 bits per heavy atom. The number of esters is 1. The Hall–Kier alpha value is -2.91. The van der Waals surface area contributed by atoms with E-state index in [4.69, 9.17) is 18.8 Å². The van der Waals surface area contributed by atoms with Gasteiger partial charge in [-0.1, -0.05) is 6.07 Å². The van der Waals surface area contributed by atoms with Crippen molar-refractivity contribution in [3.05, 3.63) is 52.8 Å². The molecular formula is C27H31BFNO6. The summed E-state index contributed by atoms with van der Waals surface area (Å²) in [5.74, 6) is -0.290. The Balaban J connectivity index is 1.57. The van der Waals surface area contributed by atoms with Crippen LogP contribution in [0.15, 0.2) is 30.3 Å². The standard InChI is InChI=1S/C27H31BFNO6/c1-16(31)34-15-21-22(28-35-26(2,3)27(4,5)36-28)13-19(29)14-23(21)30-10-11-33-24-12-18(17-6-7-17)8-9-20(24)25(30)32/h8-9,12-14,17H,6-7,10-11,15H2,1-5H3. The van der Waals surface area contributed by atoms with Crippen LogP contribution in [0.5, 0.6) is 5.75 Å². The van der Waals surface area contributed by atoms with E-state index in [0.717, 1.165) is 12.8 Å². The van der Waals surface area contributed by atoms with Crippen LogP contribution in [0.4, 0.5) is 10.1 Å². The lowest BCUT2D eigenvalue weighted by atomic mass is 9.75. The quantitative estimate of drug-likeness (QED) is 0.460. The van der Waals surface area contributed by atoms with E-state index in [1.165, 1.54) is 29.5 Å². The Morgan fingerprint density at radius 3 is 2.47 bits per heavy atom. The summed E-state index contributed by atoms with van der Waals surface area (Å²) in [6.07, 6.45) is 2.28. The molecule has 0 atom stereocenters. The number of anilines is 1. The number of benzene rings is 2. The second-order valence-corrected chi connectivity index (χ2v) is 10.7. The lowest BCUT2D eigenvalue weighted by molar-refractivity contribution is -0.142. The summed E-state index contributed by atoms with van der Waals surface area (Å²) in [4.78, 5) is 26.9. The van der Waals surface area contributed by atoms with Crippen LogP contribution in [-0.2, 0) is 25.4 Å². The first kappa shape index (κ1) is 24.8. The second-order valence-electron chi connectivity index (χ2n) is 10.7. The number of fused-ring (bicyclic) bond motifs is 1. The molecule has 5 rings (SSSR count). The molecule has 36 heavy (non-hydrogen) atoms. The van der Waals surface area contributed by atoms with Crippen molar-refractivity contribution in [3.63, 3.8) is 0 Å². The van der Waals surface area contributed by atoms with Crippen molar-refractivity contribution in [3.8, 4) is 5.75 Å². The normalized spacial score (nSPS) is 20.6. The third kappa shape index (κ3) is 4.50. The van der Waals surface area contributed by atoms with Crippen LogP contribution in [0.1, 0.15) is 74.9 Å². The van der Waals surface area contributed by atoms with Gasteiger partial charge in [-0.05, 0) is 81.7 Å². The molecule has 2 fully saturated rings. The van der Waals surface area contributed by atoms with Crippen LogP contribution in [0.25, 0.3) is 0 Å². The first-order valence-corrected chi connectivity index (χ1v) is 12.4. The average Bonchev–Trinajstić information content (AvgIpc) is 3.62. The SMILES string of the molecule is CC(=O)OCc1c(B2OC(C)(C)C(C)(C)O2)cc(F)cc1N1CCOc2cc(C3CC3)ccc2C1=O. The molecule has 0 bridgehead atoms. The molecule has 7 nitrogen and oxygen atoms in total. The van der Waals surface area contributed by atoms with Gasteiger partial charge in [-0.15, -0.1) is 0 Å². The van der Waals surface area contributed by atoms with Crippen molar-refractivity contribution in [1.82, 2.24) is 0 Å². The molecule has 1 saturated carbocycles. The zero-order valence-electron chi connectivity index (χ0n) is 21.4. The first-order chi connectivity index (χ1) is 17.0. The van der Waals surface area contributed by atoms with Gasteiger partial charge in [-0.2, -0.15) is 0 Å². The van der Waals surface area contributed by atoms with Gasteiger partial charge >= 0.3 is 13.1 Å². The molecule has 2 aromatic rings. The number of rotatable bonds is 5. The summed E-state index contributed by atoms with van der Waals surface area (Å²) in [6, 6.07) is 8.29. The Morgan fingerprint density at radius 2 is 1.83 bits per heavy atom. The molecular weight excluding hydrogens is 464 g/mol. The third-order valence-electron chi connectivity index (χ3n) is 7.55. The van der Waals surface area contributed by atoms with Gasteiger partial charge in [0.25, 0.3) is 5.91 Å². The maximum atomic E-state index is 15.1. The highest BCUT2D eigenvalue weighted by atomic mass is 19.1. The number of amides is 1. The number of carbonyl (C=O) groups excluding carboxylic acids is 2. The Bertz CT molecular complexity index is 1210. The number of hydrogen-bond donors (Lipinski definition) is 0. The van der Waals surface area contributed by atoms with Crippen LogP contribution in [0.2, 0.25) is 0 Å². The summed E-state index contributed by atoms with van der Waals surface area (Å²) < 4.78 is 38.8. The molecule has 0 N–H and O–H groups in total. The zero-order chi connectivity index (χ0) is 25.8. The van der Waals surface area contributed by atoms with Gasteiger partial charge in [0, 0.05) is 12.5 Å². The second kappa shape index (κ2) is 8.89. The van der Waals surface area contributed by atoms with Crippen molar-refractivity contribution in [2.75, 3.05) is 18.1 Å². The van der Waals surface area contributed by atoms with Crippen LogP contribution < -0.4 is 15.1 Å². The minimum Gasteiger partial charge on any atom is -0.491 e. The summed E-state index contributed by atoms with van der Waals surface area (Å²) in [5.41, 5.74) is 1.40. The fourth-order valence-corrected chi connectivity index (χ4v) is 4.62. The van der Waals surface area contributed by atoms with E-state index in [-0.39, 0.29) is 25.7 Å². The maximum Gasteiger partial charge on any atom is 0.495 e. The van der Waals surface area contributed by atoms with Crippen molar-refractivity contribution < 1.29 is 32.8 Å². The smallest absolute Gasteiger partial charge is 0.491 e. The van der Waals surface area contributed by atoms with Crippen molar-refractivity contribution in [1.29, 1.82) is 0 Å². The molecule has 0 spiro atoms. The number of carbonyl (C=O) groups is 2. The molecule has 190 valence electrons. The number of nitrogens with zero attached hydrogens (tertiary/aromatic N) is 1. The monoisotopic (exact) mass is 495 g/mol. The molecule has 2 aliphatic heterocycles. The molecule has 9 heteroatoms. The van der Waals surface area contributed by atoms with Crippen LogP contribution in [-0.4, -0.2) is 43.3 Å². The van der Waals surface area contributed by atoms with E-state index in [1.54, 1.807) is 6.07 Å². The minimum atomic E-state index is -0.901. The van der Waals surface area contributed by atoms with Crippen LogP contribution in [0.3, 0.4) is 0 Å². The van der Waals surface area contributed by atoms with Gasteiger partial charge in [0.05, 0.1) is 29.0 Å². The van der Waals surface area contributed by atoms with Crippen molar-refractivity contribution >= 4 is 30.1 Å². The molecule has 2 heterocycles. The fraction of sp³-hybridized carbons (Fsp3) is 0.481. The summed E-state index contributed by atoms with van der Waals surface area (Å²) in [6.45, 7) is 9.19. The molecule has 0 unspecified atom stereocenters. The lowest BCUT2D eigenvalue weighted by Crippen LogP contribution is -2.41. The van der Waals surface area contributed by atoms with Crippen molar-refractivity contribution in [2.24, 2.45) is 0 Å². The Labute approximate surface area is 211 Å². The molecule has 3 aliphatic rings. The zero-order valence-corrected chi connectivity index (χ0v) is 21.4. The maximum absolute atomic E-state index is 15.1. The summed E-state index contributed by atoms with van der Waals surface area (Å²) in [5, 5.41) is 0. The number of halogens is 1. The van der Waals surface area contributed by atoms with Gasteiger partial charge < -0.3 is 23.7 Å². The highest BCUT2D eigenvalue weighted by molar-refractivity contribution is 6.62. The number of hydrogen-bond acceptors (Lipinski definition) is 6. The molecule has 1 aliphatic carbocycles. The molecule has 2 aromatic carbocycles. The van der Waals surface area contributed by atoms with Gasteiger partial charge in [0.2, 0.25) is 0 Å².